The monoisotopic (exact) mass is 221 g/mol. The molecule has 1 aliphatic rings. The van der Waals surface area contributed by atoms with Gasteiger partial charge in [-0.15, -0.1) is 11.8 Å². The quantitative estimate of drug-likeness (QED) is 0.764. The van der Waals surface area contributed by atoms with Crippen molar-refractivity contribution in [1.82, 2.24) is 0 Å². The molecule has 0 aliphatic carbocycles. The standard InChI is InChI=1S/C12H15NOS/c1-8-12(15-9(2)13-8)10-6-4-5-7-11(10)14-3/h4-8,12H,1-3H3/t8-,12?/m1/s1. The largest absolute Gasteiger partial charge is 0.496 e. The Balaban J connectivity index is 2.31. The molecule has 1 aliphatic heterocycles. The highest BCUT2D eigenvalue weighted by Crippen LogP contribution is 2.43. The molecule has 0 amide bonds. The average molecular weight is 221 g/mol. The Hall–Kier alpha value is -0.960. The van der Waals surface area contributed by atoms with Crippen molar-refractivity contribution in [3.8, 4) is 5.75 Å². The predicted octanol–water partition coefficient (Wildman–Crippen LogP) is 3.29. The molecule has 0 spiro atoms. The van der Waals surface area contributed by atoms with Gasteiger partial charge in [0.15, 0.2) is 0 Å². The van der Waals surface area contributed by atoms with Crippen molar-refractivity contribution in [2.45, 2.75) is 25.1 Å². The summed E-state index contributed by atoms with van der Waals surface area (Å²) in [5.74, 6) is 0.965. The van der Waals surface area contributed by atoms with Gasteiger partial charge in [-0.3, -0.25) is 4.99 Å². The van der Waals surface area contributed by atoms with Crippen molar-refractivity contribution in [2.75, 3.05) is 7.11 Å². The molecule has 1 aromatic carbocycles. The molecule has 80 valence electrons. The van der Waals surface area contributed by atoms with Gasteiger partial charge in [-0.05, 0) is 19.9 Å². The number of benzene rings is 1. The average Bonchev–Trinajstić information content (AvgIpc) is 2.57. The van der Waals surface area contributed by atoms with Crippen LogP contribution in [-0.4, -0.2) is 18.2 Å². The lowest BCUT2D eigenvalue weighted by Gasteiger charge is -2.16. The molecule has 2 atom stereocenters. The maximum Gasteiger partial charge on any atom is 0.123 e. The fourth-order valence-corrected chi connectivity index (χ4v) is 3.07. The van der Waals surface area contributed by atoms with Gasteiger partial charge in [0.2, 0.25) is 0 Å². The van der Waals surface area contributed by atoms with Gasteiger partial charge in [0, 0.05) is 5.56 Å². The number of ether oxygens (including phenoxy) is 1. The van der Waals surface area contributed by atoms with E-state index in [0.717, 1.165) is 5.75 Å². The molecular formula is C12H15NOS. The first kappa shape index (κ1) is 10.6. The smallest absolute Gasteiger partial charge is 0.123 e. The molecule has 1 heterocycles. The van der Waals surface area contributed by atoms with Crippen LogP contribution in [0.5, 0.6) is 5.75 Å². The molecule has 0 N–H and O–H groups in total. The highest BCUT2D eigenvalue weighted by atomic mass is 32.2. The van der Waals surface area contributed by atoms with E-state index in [1.807, 2.05) is 23.9 Å². The molecule has 0 fully saturated rings. The molecule has 0 bridgehead atoms. The molecular weight excluding hydrogens is 206 g/mol. The van der Waals surface area contributed by atoms with E-state index in [4.69, 9.17) is 4.74 Å². The zero-order chi connectivity index (χ0) is 10.8. The third-order valence-electron chi connectivity index (χ3n) is 2.57. The lowest BCUT2D eigenvalue weighted by molar-refractivity contribution is 0.408. The summed E-state index contributed by atoms with van der Waals surface area (Å²) in [4.78, 5) is 4.55. The summed E-state index contributed by atoms with van der Waals surface area (Å²) in [5.41, 5.74) is 1.25. The molecule has 0 aromatic heterocycles. The summed E-state index contributed by atoms with van der Waals surface area (Å²) < 4.78 is 5.38. The van der Waals surface area contributed by atoms with E-state index in [1.54, 1.807) is 7.11 Å². The Kier molecular flexibility index (Phi) is 3.00. The molecule has 2 nitrogen and oxygen atoms in total. The Bertz CT molecular complexity index is 389. The van der Waals surface area contributed by atoms with E-state index >= 15 is 0 Å². The van der Waals surface area contributed by atoms with Gasteiger partial charge in [0.05, 0.1) is 23.4 Å². The van der Waals surface area contributed by atoms with Crippen LogP contribution in [0, 0.1) is 0 Å². The second-order valence-corrected chi connectivity index (χ2v) is 5.00. The fraction of sp³-hybridized carbons (Fsp3) is 0.417. The number of hydrogen-bond donors (Lipinski definition) is 0. The van der Waals surface area contributed by atoms with Crippen LogP contribution in [0.25, 0.3) is 0 Å². The first-order chi connectivity index (χ1) is 7.22. The Morgan fingerprint density at radius 3 is 2.67 bits per heavy atom. The van der Waals surface area contributed by atoms with Crippen molar-refractivity contribution < 1.29 is 4.74 Å². The van der Waals surface area contributed by atoms with Crippen molar-refractivity contribution in [1.29, 1.82) is 0 Å². The van der Waals surface area contributed by atoms with E-state index in [9.17, 15) is 0 Å². The maximum absolute atomic E-state index is 5.38. The van der Waals surface area contributed by atoms with Gasteiger partial charge in [-0.1, -0.05) is 18.2 Å². The number of para-hydroxylation sites is 1. The molecule has 3 heteroatoms. The van der Waals surface area contributed by atoms with E-state index in [-0.39, 0.29) is 0 Å². The minimum Gasteiger partial charge on any atom is -0.496 e. The Morgan fingerprint density at radius 1 is 1.33 bits per heavy atom. The van der Waals surface area contributed by atoms with Gasteiger partial charge in [0.1, 0.15) is 5.75 Å². The SMILES string of the molecule is COc1ccccc1C1SC(C)=N[C@@H]1C. The van der Waals surface area contributed by atoms with Crippen LogP contribution in [0.15, 0.2) is 29.3 Å². The third-order valence-corrected chi connectivity index (χ3v) is 3.91. The first-order valence-corrected chi connectivity index (χ1v) is 5.94. The Labute approximate surface area is 94.7 Å². The molecule has 15 heavy (non-hydrogen) atoms. The number of nitrogens with zero attached hydrogens (tertiary/aromatic N) is 1. The highest BCUT2D eigenvalue weighted by Gasteiger charge is 2.28. The van der Waals surface area contributed by atoms with Crippen LogP contribution in [0.2, 0.25) is 0 Å². The molecule has 1 unspecified atom stereocenters. The number of rotatable bonds is 2. The second-order valence-electron chi connectivity index (χ2n) is 3.67. The van der Waals surface area contributed by atoms with Crippen LogP contribution < -0.4 is 4.74 Å². The summed E-state index contributed by atoms with van der Waals surface area (Å²) >= 11 is 1.83. The molecule has 0 saturated heterocycles. The van der Waals surface area contributed by atoms with E-state index < -0.39 is 0 Å². The first-order valence-electron chi connectivity index (χ1n) is 5.06. The molecule has 1 aromatic rings. The normalized spacial score (nSPS) is 25.1. The van der Waals surface area contributed by atoms with Crippen LogP contribution in [-0.2, 0) is 0 Å². The van der Waals surface area contributed by atoms with Crippen molar-refractivity contribution in [3.63, 3.8) is 0 Å². The number of hydrogen-bond acceptors (Lipinski definition) is 3. The zero-order valence-electron chi connectivity index (χ0n) is 9.23. The topological polar surface area (TPSA) is 21.6 Å². The molecule has 0 saturated carbocycles. The van der Waals surface area contributed by atoms with E-state index in [1.165, 1.54) is 10.6 Å². The maximum atomic E-state index is 5.38. The van der Waals surface area contributed by atoms with Gasteiger partial charge in [-0.2, -0.15) is 0 Å². The minimum atomic E-state index is 0.339. The van der Waals surface area contributed by atoms with Crippen LogP contribution >= 0.6 is 11.8 Å². The van der Waals surface area contributed by atoms with Crippen LogP contribution in [0.3, 0.4) is 0 Å². The van der Waals surface area contributed by atoms with Gasteiger partial charge in [-0.25, -0.2) is 0 Å². The zero-order valence-corrected chi connectivity index (χ0v) is 10.0. The highest BCUT2D eigenvalue weighted by molar-refractivity contribution is 8.14. The van der Waals surface area contributed by atoms with Gasteiger partial charge >= 0.3 is 0 Å². The second kappa shape index (κ2) is 4.27. The molecule has 2 rings (SSSR count). The summed E-state index contributed by atoms with van der Waals surface area (Å²) in [6, 6.07) is 8.53. The summed E-state index contributed by atoms with van der Waals surface area (Å²) in [7, 11) is 1.72. The van der Waals surface area contributed by atoms with Gasteiger partial charge < -0.3 is 4.74 Å². The van der Waals surface area contributed by atoms with E-state index in [2.05, 4.69) is 31.0 Å². The van der Waals surface area contributed by atoms with Crippen LogP contribution in [0.4, 0.5) is 0 Å². The van der Waals surface area contributed by atoms with Crippen molar-refractivity contribution in [3.05, 3.63) is 29.8 Å². The predicted molar refractivity (Wildman–Crippen MR) is 65.9 cm³/mol. The lowest BCUT2D eigenvalue weighted by Crippen LogP contribution is -2.06. The van der Waals surface area contributed by atoms with E-state index in [0.29, 0.717) is 11.3 Å². The van der Waals surface area contributed by atoms with Crippen molar-refractivity contribution in [2.24, 2.45) is 4.99 Å². The Morgan fingerprint density at radius 2 is 2.07 bits per heavy atom. The molecule has 0 radical (unpaired) electrons. The van der Waals surface area contributed by atoms with Gasteiger partial charge in [0.25, 0.3) is 0 Å². The number of aliphatic imine (C=N–C) groups is 1. The van der Waals surface area contributed by atoms with Crippen molar-refractivity contribution >= 4 is 16.8 Å². The fourth-order valence-electron chi connectivity index (χ4n) is 1.89. The third kappa shape index (κ3) is 2.02. The lowest BCUT2D eigenvalue weighted by atomic mass is 10.1. The number of thioether (sulfide) groups is 1. The van der Waals surface area contributed by atoms with Crippen LogP contribution in [0.1, 0.15) is 24.7 Å². The number of methoxy groups -OCH3 is 1. The minimum absolute atomic E-state index is 0.339. The summed E-state index contributed by atoms with van der Waals surface area (Å²) in [5, 5.41) is 1.57. The summed E-state index contributed by atoms with van der Waals surface area (Å²) in [6.45, 7) is 4.22. The summed E-state index contributed by atoms with van der Waals surface area (Å²) in [6.07, 6.45) is 0.